The van der Waals surface area contributed by atoms with E-state index >= 15 is 4.79 Å². The Balaban J connectivity index is 1.16. The third-order valence-electron chi connectivity index (χ3n) is 14.1. The highest BCUT2D eigenvalue weighted by Crippen LogP contribution is 2.66. The van der Waals surface area contributed by atoms with Crippen molar-refractivity contribution >= 4 is 90.9 Å². The van der Waals surface area contributed by atoms with Gasteiger partial charge in [-0.05, 0) is 104 Å². The van der Waals surface area contributed by atoms with Crippen LogP contribution >= 0.6 is 46.4 Å². The molecule has 3 aromatic carbocycles. The van der Waals surface area contributed by atoms with Crippen molar-refractivity contribution < 1.29 is 51.1 Å². The molecule has 6 aliphatic heterocycles. The van der Waals surface area contributed by atoms with Crippen LogP contribution in [0.4, 0.5) is 11.4 Å². The van der Waals surface area contributed by atoms with E-state index in [0.29, 0.717) is 59.6 Å². The van der Waals surface area contributed by atoms with Crippen LogP contribution in [0.15, 0.2) is 24.3 Å². The van der Waals surface area contributed by atoms with Gasteiger partial charge in [-0.25, -0.2) is 0 Å². The molecular formula is C52H61Cl4N3O11S. The second-order valence-corrected chi connectivity index (χ2v) is 23.9. The Kier molecular flexibility index (Phi) is 14.2. The Bertz CT molecular complexity index is 2900. The van der Waals surface area contributed by atoms with Crippen LogP contribution in [0.25, 0.3) is 11.1 Å². The lowest BCUT2D eigenvalue weighted by atomic mass is 9.69. The van der Waals surface area contributed by atoms with Gasteiger partial charge in [0.2, 0.25) is 0 Å². The summed E-state index contributed by atoms with van der Waals surface area (Å²) in [7, 11) is -4.53. The van der Waals surface area contributed by atoms with E-state index in [1.54, 1.807) is 0 Å². The fourth-order valence-corrected chi connectivity index (χ4v) is 13.1. The molecule has 1 spiro atoms. The van der Waals surface area contributed by atoms with Crippen molar-refractivity contribution in [2.45, 2.75) is 116 Å². The zero-order valence-corrected chi connectivity index (χ0v) is 45.3. The van der Waals surface area contributed by atoms with Crippen LogP contribution in [0.3, 0.4) is 0 Å². The fourth-order valence-electron chi connectivity index (χ4n) is 11.4. The highest BCUT2D eigenvalue weighted by atomic mass is 35.5. The van der Waals surface area contributed by atoms with Crippen molar-refractivity contribution in [3.63, 3.8) is 0 Å². The summed E-state index contributed by atoms with van der Waals surface area (Å²) in [4.78, 5) is 39.0. The molecular weight excluding hydrogens is 1020 g/mol. The van der Waals surface area contributed by atoms with Gasteiger partial charge in [0.1, 0.15) is 22.9 Å². The highest BCUT2D eigenvalue weighted by molar-refractivity contribution is 7.86. The Morgan fingerprint density at radius 2 is 1.24 bits per heavy atom. The topological polar surface area (TPSA) is 154 Å². The predicted octanol–water partition coefficient (Wildman–Crippen LogP) is 11.0. The molecule has 0 saturated heterocycles. The minimum atomic E-state index is -4.53. The molecule has 3 aromatic rings. The van der Waals surface area contributed by atoms with E-state index in [2.05, 4.69) is 42.7 Å². The number of carbonyl (C=O) groups is 2. The summed E-state index contributed by atoms with van der Waals surface area (Å²) in [6.07, 6.45) is 7.83. The summed E-state index contributed by atoms with van der Waals surface area (Å²) < 4.78 is 66.2. The van der Waals surface area contributed by atoms with Crippen molar-refractivity contribution in [1.82, 2.24) is 5.06 Å². The number of hydrogen-bond donors (Lipinski definition) is 1. The Labute approximate surface area is 436 Å². The Morgan fingerprint density at radius 3 is 1.76 bits per heavy atom. The molecule has 0 aromatic heterocycles. The first-order valence-corrected chi connectivity index (χ1v) is 27.4. The first-order valence-electron chi connectivity index (χ1n) is 24.2. The molecule has 1 N–H and O–H groups in total. The van der Waals surface area contributed by atoms with Crippen LogP contribution in [0.1, 0.15) is 130 Å². The van der Waals surface area contributed by atoms with Gasteiger partial charge in [0, 0.05) is 52.0 Å². The summed E-state index contributed by atoms with van der Waals surface area (Å²) in [5.41, 5.74) is 4.67. The zero-order chi connectivity index (χ0) is 51.2. The van der Waals surface area contributed by atoms with E-state index in [1.807, 2.05) is 46.8 Å². The quantitative estimate of drug-likeness (QED) is 0.0476. The molecule has 0 saturated carbocycles. The van der Waals surface area contributed by atoms with Gasteiger partial charge in [-0.15, -0.1) is 0 Å². The number of hydroxylamine groups is 2. The average Bonchev–Trinajstić information content (AvgIpc) is 3.54. The second kappa shape index (κ2) is 19.3. The summed E-state index contributed by atoms with van der Waals surface area (Å²) in [6, 6.07) is 3.94. The van der Waals surface area contributed by atoms with Crippen LogP contribution < -0.4 is 14.5 Å². The minimum Gasteiger partial charge on any atom is -0.460 e. The van der Waals surface area contributed by atoms with E-state index in [0.717, 1.165) is 53.0 Å². The Hall–Kier alpha value is -3.61. The van der Waals surface area contributed by atoms with Crippen molar-refractivity contribution in [1.29, 1.82) is 0 Å². The number of anilines is 2. The number of carbonyl (C=O) groups excluding carboxylic acids is 2. The fraction of sp³-hybridized carbons (Fsp3) is 0.538. The molecule has 0 radical (unpaired) electrons. The van der Waals surface area contributed by atoms with Gasteiger partial charge in [0.05, 0.1) is 101 Å². The lowest BCUT2D eigenvalue weighted by Crippen LogP contribution is -2.51. The molecule has 71 heavy (non-hydrogen) atoms. The summed E-state index contributed by atoms with van der Waals surface area (Å²) in [6.45, 7) is 18.7. The maximum atomic E-state index is 15.6. The maximum Gasteiger partial charge on any atom is 0.308 e. The molecule has 19 heteroatoms. The maximum absolute atomic E-state index is 15.6. The zero-order valence-electron chi connectivity index (χ0n) is 41.4. The van der Waals surface area contributed by atoms with E-state index < -0.39 is 38.5 Å². The van der Waals surface area contributed by atoms with Gasteiger partial charge in [0.25, 0.3) is 16.0 Å². The number of amides is 1. The van der Waals surface area contributed by atoms with Crippen LogP contribution in [0.5, 0.6) is 11.5 Å². The number of rotatable bonds is 16. The first-order chi connectivity index (χ1) is 33.4. The molecule has 0 fully saturated rings. The summed E-state index contributed by atoms with van der Waals surface area (Å²) in [5.74, 6) is -0.584. The van der Waals surface area contributed by atoms with Gasteiger partial charge in [0.15, 0.2) is 5.54 Å². The average molecular weight is 1080 g/mol. The number of nitrogens with zero attached hydrogens (tertiary/aromatic N) is 3. The van der Waals surface area contributed by atoms with Gasteiger partial charge in [-0.2, -0.15) is 13.5 Å². The monoisotopic (exact) mass is 1080 g/mol. The molecule has 0 aliphatic carbocycles. The van der Waals surface area contributed by atoms with Gasteiger partial charge in [-0.3, -0.25) is 19.0 Å². The van der Waals surface area contributed by atoms with Crippen LogP contribution in [-0.4, -0.2) is 112 Å². The van der Waals surface area contributed by atoms with Crippen molar-refractivity contribution in [2.75, 3.05) is 74.9 Å². The van der Waals surface area contributed by atoms with Gasteiger partial charge >= 0.3 is 5.97 Å². The number of fused-ring (bicyclic) bond motifs is 8. The van der Waals surface area contributed by atoms with Crippen LogP contribution in [0.2, 0.25) is 20.1 Å². The molecule has 384 valence electrons. The normalized spacial score (nSPS) is 20.2. The molecule has 9 rings (SSSR count). The van der Waals surface area contributed by atoms with Crippen LogP contribution in [-0.2, 0) is 57.1 Å². The van der Waals surface area contributed by atoms with E-state index in [9.17, 15) is 17.8 Å². The second-order valence-electron chi connectivity index (χ2n) is 20.9. The standard InChI is InChI=1S/C52H61Cl4N3O11S/c1-9-29-26-50(5,6)57-15-10-12-31-44(57)33(29)24-35-46(31)69-47-32-13-11-16-58-45(32)34(30(27-51(58,7)8)28-71(62,63)64)25-36(47)52(35)39-38(40(53)42(55)43(56)41(39)54)48(61)59(52)68-23-22-67-21-20-66-19-18-65-17-14-37(60)70-49(2,3)4/h24-27H,9-23,28H2,1-8H3,(H,62,63,64). The lowest BCUT2D eigenvalue weighted by molar-refractivity contribution is -0.171. The number of hydrogen-bond acceptors (Lipinski definition) is 12. The van der Waals surface area contributed by atoms with Gasteiger partial charge in [-0.1, -0.05) is 65.5 Å². The third-order valence-corrected chi connectivity index (χ3v) is 16.6. The SMILES string of the molecule is CCC1=CC(C)(C)N2CCCc3c4c(cc1c32)C1(c2cc3c5c(c2O4)CCCN5C(C)(C)C=C3CS(=O)(=O)O)c2c(Cl)c(Cl)c(Cl)c(Cl)c2C(=O)N1OCCOCCOCCOCCC(=O)OC(C)(C)C. The van der Waals surface area contributed by atoms with Gasteiger partial charge < -0.3 is 33.5 Å². The largest absolute Gasteiger partial charge is 0.460 e. The van der Waals surface area contributed by atoms with Crippen molar-refractivity contribution in [2.24, 2.45) is 0 Å². The number of ether oxygens (including phenoxy) is 5. The third kappa shape index (κ3) is 9.16. The molecule has 1 unspecified atom stereocenters. The summed E-state index contributed by atoms with van der Waals surface area (Å²) >= 11 is 28.5. The smallest absolute Gasteiger partial charge is 0.308 e. The lowest BCUT2D eigenvalue weighted by Gasteiger charge is -2.51. The Morgan fingerprint density at radius 1 is 0.746 bits per heavy atom. The summed E-state index contributed by atoms with van der Waals surface area (Å²) in [5, 5.41) is 1.02. The number of halogens is 4. The van der Waals surface area contributed by atoms with Crippen molar-refractivity contribution in [3.05, 3.63) is 88.9 Å². The number of esters is 1. The molecule has 1 atom stereocenters. The van der Waals surface area contributed by atoms with E-state index in [1.165, 1.54) is 5.06 Å². The van der Waals surface area contributed by atoms with Crippen molar-refractivity contribution in [3.8, 4) is 11.5 Å². The first kappa shape index (κ1) is 52.3. The van der Waals surface area contributed by atoms with Crippen LogP contribution in [0, 0.1) is 0 Å². The molecule has 1 amide bonds. The number of benzene rings is 3. The highest BCUT2D eigenvalue weighted by Gasteiger charge is 2.62. The number of allylic oxidation sites excluding steroid dienone is 1. The van der Waals surface area contributed by atoms with E-state index in [4.69, 9.17) is 74.9 Å². The molecule has 6 heterocycles. The van der Waals surface area contributed by atoms with E-state index in [-0.39, 0.29) is 95.4 Å². The molecule has 0 bridgehead atoms. The molecule has 14 nitrogen and oxygen atoms in total. The molecule has 6 aliphatic rings. The minimum absolute atomic E-state index is 0.00398. The predicted molar refractivity (Wildman–Crippen MR) is 277 cm³/mol.